The smallest absolute Gasteiger partial charge is 0.0485 e. The molecule has 0 bridgehead atoms. The van der Waals surface area contributed by atoms with Crippen molar-refractivity contribution >= 4 is 28.9 Å². The number of hydrogen-bond donors (Lipinski definition) is 0. The third-order valence-corrected chi connectivity index (χ3v) is 2.90. The summed E-state index contributed by atoms with van der Waals surface area (Å²) in [6, 6.07) is 15.0. The maximum Gasteiger partial charge on any atom is 0.0485 e. The second-order valence-electron chi connectivity index (χ2n) is 3.87. The number of benzene rings is 2. The van der Waals surface area contributed by atoms with Crippen LogP contribution in [-0.4, -0.2) is 6.54 Å². The van der Waals surface area contributed by atoms with Gasteiger partial charge in [-0.2, -0.15) is 0 Å². The van der Waals surface area contributed by atoms with Crippen LogP contribution < -0.4 is 4.90 Å². The van der Waals surface area contributed by atoms with Gasteiger partial charge in [-0.25, -0.2) is 0 Å². The minimum atomic E-state index is 0. The number of anilines is 1. The van der Waals surface area contributed by atoms with Crippen LogP contribution in [0, 0.1) is 0 Å². The molecule has 1 aliphatic heterocycles. The summed E-state index contributed by atoms with van der Waals surface area (Å²) >= 11 is 0. The highest BCUT2D eigenvalue weighted by Gasteiger charge is 2.09. The maximum atomic E-state index is 2.32. The van der Waals surface area contributed by atoms with Gasteiger partial charge in [-0.3, -0.25) is 0 Å². The summed E-state index contributed by atoms with van der Waals surface area (Å²) < 4.78 is 0. The van der Waals surface area contributed by atoms with E-state index in [0.29, 0.717) is 0 Å². The fourth-order valence-electron chi connectivity index (χ4n) is 2.15. The third kappa shape index (κ3) is 1.79. The van der Waals surface area contributed by atoms with E-state index in [1.807, 2.05) is 0 Å². The van der Waals surface area contributed by atoms with Gasteiger partial charge in [-0.05, 0) is 17.9 Å². The molecule has 0 radical (unpaired) electrons. The first-order chi connectivity index (χ1) is 7.45. The van der Waals surface area contributed by atoms with Crippen LogP contribution in [0.25, 0.3) is 10.8 Å². The first-order valence-corrected chi connectivity index (χ1v) is 5.36. The molecule has 0 amide bonds. The van der Waals surface area contributed by atoms with E-state index in [1.54, 1.807) is 0 Å². The molecule has 0 atom stereocenters. The molecule has 0 saturated carbocycles. The number of nitrogens with zero attached hydrogens (tertiary/aromatic N) is 1. The molecular formula is C14H14ClN. The zero-order chi connectivity index (χ0) is 10.1. The summed E-state index contributed by atoms with van der Waals surface area (Å²) in [4.78, 5) is 2.32. The molecule has 1 nitrogen and oxygen atoms in total. The van der Waals surface area contributed by atoms with Crippen LogP contribution in [0.1, 0.15) is 6.42 Å². The van der Waals surface area contributed by atoms with E-state index in [1.165, 1.54) is 16.5 Å². The van der Waals surface area contributed by atoms with Crippen molar-refractivity contribution in [1.29, 1.82) is 0 Å². The van der Waals surface area contributed by atoms with Crippen molar-refractivity contribution in [3.05, 3.63) is 54.7 Å². The summed E-state index contributed by atoms with van der Waals surface area (Å²) in [6.07, 6.45) is 5.56. The predicted molar refractivity (Wildman–Crippen MR) is 72.3 cm³/mol. The second kappa shape index (κ2) is 4.58. The molecule has 3 rings (SSSR count). The van der Waals surface area contributed by atoms with Crippen molar-refractivity contribution < 1.29 is 0 Å². The van der Waals surface area contributed by atoms with Crippen LogP contribution in [0.2, 0.25) is 0 Å². The van der Waals surface area contributed by atoms with Crippen LogP contribution in [0.3, 0.4) is 0 Å². The lowest BCUT2D eigenvalue weighted by atomic mass is 10.1. The van der Waals surface area contributed by atoms with Gasteiger partial charge in [0.25, 0.3) is 0 Å². The summed E-state index contributed by atoms with van der Waals surface area (Å²) in [7, 11) is 0. The molecule has 1 aliphatic rings. The Balaban J connectivity index is 0.000000963. The highest BCUT2D eigenvalue weighted by atomic mass is 35.5. The first kappa shape index (κ1) is 11.0. The molecule has 82 valence electrons. The standard InChI is InChI=1S/C14H13N.ClH/c1-2-8-13-12(6-1)7-5-9-14(13)15-10-3-4-11-15;/h1-3,5-10H,4,11H2;1H. The van der Waals surface area contributed by atoms with E-state index in [4.69, 9.17) is 0 Å². The van der Waals surface area contributed by atoms with Crippen molar-refractivity contribution in [2.75, 3.05) is 11.4 Å². The Morgan fingerprint density at radius 2 is 1.75 bits per heavy atom. The molecule has 0 spiro atoms. The van der Waals surface area contributed by atoms with Gasteiger partial charge in [-0.1, -0.05) is 42.5 Å². The molecule has 0 saturated heterocycles. The zero-order valence-electron chi connectivity index (χ0n) is 8.97. The second-order valence-corrected chi connectivity index (χ2v) is 3.87. The molecule has 2 aromatic carbocycles. The van der Waals surface area contributed by atoms with Crippen LogP contribution in [0.4, 0.5) is 5.69 Å². The lowest BCUT2D eigenvalue weighted by molar-refractivity contribution is 1.00. The normalized spacial score (nSPS) is 14.1. The first-order valence-electron chi connectivity index (χ1n) is 5.36. The van der Waals surface area contributed by atoms with Gasteiger partial charge >= 0.3 is 0 Å². The van der Waals surface area contributed by atoms with Gasteiger partial charge < -0.3 is 4.90 Å². The van der Waals surface area contributed by atoms with E-state index in [9.17, 15) is 0 Å². The summed E-state index contributed by atoms with van der Waals surface area (Å²) in [5, 5.41) is 2.65. The van der Waals surface area contributed by atoms with E-state index >= 15 is 0 Å². The Kier molecular flexibility index (Phi) is 3.16. The van der Waals surface area contributed by atoms with Crippen molar-refractivity contribution in [3.8, 4) is 0 Å². The zero-order valence-corrected chi connectivity index (χ0v) is 9.78. The van der Waals surface area contributed by atoms with Gasteiger partial charge in [0.1, 0.15) is 0 Å². The molecule has 2 heteroatoms. The number of hydrogen-bond acceptors (Lipinski definition) is 1. The minimum absolute atomic E-state index is 0. The van der Waals surface area contributed by atoms with Crippen LogP contribution in [0.5, 0.6) is 0 Å². The fraction of sp³-hybridized carbons (Fsp3) is 0.143. The summed E-state index contributed by atoms with van der Waals surface area (Å²) in [5.74, 6) is 0. The van der Waals surface area contributed by atoms with Crippen molar-refractivity contribution in [1.82, 2.24) is 0 Å². The van der Waals surface area contributed by atoms with E-state index in [0.717, 1.165) is 13.0 Å². The lowest BCUT2D eigenvalue weighted by Crippen LogP contribution is -2.12. The molecule has 0 aliphatic carbocycles. The molecular weight excluding hydrogens is 218 g/mol. The third-order valence-electron chi connectivity index (χ3n) is 2.90. The molecule has 2 aromatic rings. The summed E-state index contributed by atoms with van der Waals surface area (Å²) in [6.45, 7) is 1.11. The molecule has 0 unspecified atom stereocenters. The average Bonchev–Trinajstić information content (AvgIpc) is 2.82. The quantitative estimate of drug-likeness (QED) is 0.718. The van der Waals surface area contributed by atoms with E-state index in [2.05, 4.69) is 59.6 Å². The SMILES string of the molecule is C1=CN(c2cccc3ccccc23)CC1.Cl. The Labute approximate surface area is 102 Å². The van der Waals surface area contributed by atoms with Crippen molar-refractivity contribution in [3.63, 3.8) is 0 Å². The molecule has 0 fully saturated rings. The van der Waals surface area contributed by atoms with Crippen molar-refractivity contribution in [2.45, 2.75) is 6.42 Å². The highest BCUT2D eigenvalue weighted by Crippen LogP contribution is 2.28. The topological polar surface area (TPSA) is 3.24 Å². The van der Waals surface area contributed by atoms with Crippen molar-refractivity contribution in [2.24, 2.45) is 0 Å². The monoisotopic (exact) mass is 231 g/mol. The number of fused-ring (bicyclic) bond motifs is 1. The molecule has 0 N–H and O–H groups in total. The van der Waals surface area contributed by atoms with E-state index in [-0.39, 0.29) is 12.4 Å². The van der Waals surface area contributed by atoms with Gasteiger partial charge in [-0.15, -0.1) is 12.4 Å². The van der Waals surface area contributed by atoms with Crippen LogP contribution in [-0.2, 0) is 0 Å². The highest BCUT2D eigenvalue weighted by molar-refractivity contribution is 5.94. The Hall–Kier alpha value is -1.47. The summed E-state index contributed by atoms with van der Waals surface area (Å²) in [5.41, 5.74) is 1.32. The van der Waals surface area contributed by atoms with Crippen LogP contribution in [0.15, 0.2) is 54.7 Å². The molecule has 1 heterocycles. The molecule has 0 aromatic heterocycles. The predicted octanol–water partition coefficient (Wildman–Crippen LogP) is 3.99. The van der Waals surface area contributed by atoms with Crippen LogP contribution >= 0.6 is 12.4 Å². The lowest BCUT2D eigenvalue weighted by Gasteiger charge is -2.17. The van der Waals surface area contributed by atoms with Gasteiger partial charge in [0, 0.05) is 23.8 Å². The average molecular weight is 232 g/mol. The molecule has 16 heavy (non-hydrogen) atoms. The minimum Gasteiger partial charge on any atom is -0.347 e. The van der Waals surface area contributed by atoms with Gasteiger partial charge in [0.2, 0.25) is 0 Å². The fourth-order valence-corrected chi connectivity index (χ4v) is 2.15. The Morgan fingerprint density at radius 3 is 2.56 bits per heavy atom. The Bertz CT molecular complexity index is 514. The Morgan fingerprint density at radius 1 is 0.938 bits per heavy atom. The number of halogens is 1. The van der Waals surface area contributed by atoms with Gasteiger partial charge in [0.15, 0.2) is 0 Å². The van der Waals surface area contributed by atoms with Gasteiger partial charge in [0.05, 0.1) is 0 Å². The largest absolute Gasteiger partial charge is 0.347 e. The maximum absolute atomic E-state index is 2.32. The number of rotatable bonds is 1. The van der Waals surface area contributed by atoms with E-state index < -0.39 is 0 Å².